The molecule has 0 heterocycles. The van der Waals surface area contributed by atoms with Crippen LogP contribution < -0.4 is 0 Å². The van der Waals surface area contributed by atoms with Gasteiger partial charge in [-0.2, -0.15) is 0 Å². The maximum absolute atomic E-state index is 10.7. The molecule has 0 spiro atoms. The molecular formula is C21H44O3. The molecule has 0 aliphatic rings. The van der Waals surface area contributed by atoms with Crippen LogP contribution in [0.4, 0.5) is 0 Å². The number of carbonyl (C=O) groups is 2. The Kier molecular flexibility index (Phi) is 23.5. The summed E-state index contributed by atoms with van der Waals surface area (Å²) in [5, 5.41) is 0. The van der Waals surface area contributed by atoms with E-state index in [1.165, 1.54) is 20.0 Å². The van der Waals surface area contributed by atoms with Crippen LogP contribution in [-0.2, 0) is 14.3 Å². The van der Waals surface area contributed by atoms with Crippen LogP contribution in [0.3, 0.4) is 0 Å². The lowest BCUT2D eigenvalue weighted by Crippen LogP contribution is -2.01. The first-order valence-corrected chi connectivity index (χ1v) is 9.68. The molecule has 0 aliphatic heterocycles. The molecule has 0 aromatic carbocycles. The lowest BCUT2D eigenvalue weighted by molar-refractivity contribution is -0.140. The van der Waals surface area contributed by atoms with E-state index < -0.39 is 0 Å². The van der Waals surface area contributed by atoms with E-state index in [0.29, 0.717) is 30.5 Å². The fourth-order valence-corrected chi connectivity index (χ4v) is 1.71. The standard InChI is InChI=1S/C8H16O.C7H14O2.C6H14/c1-4-8(9)6-5-7(2)3;1-6(2)4-5-7(8)9-3;1-4-5-6(2)3/h7H,4-6H2,1-3H3;6H,4-5H2,1-3H3;6H,4-5H2,1-3H3. The number of hydrogen-bond acceptors (Lipinski definition) is 3. The Labute approximate surface area is 151 Å². The molecule has 0 radical (unpaired) electrons. The van der Waals surface area contributed by atoms with E-state index in [-0.39, 0.29) is 5.97 Å². The van der Waals surface area contributed by atoms with Gasteiger partial charge in [-0.15, -0.1) is 0 Å². The third-order valence-corrected chi connectivity index (χ3v) is 3.41. The number of methoxy groups -OCH3 is 1. The monoisotopic (exact) mass is 344 g/mol. The fourth-order valence-electron chi connectivity index (χ4n) is 1.71. The molecule has 0 rings (SSSR count). The van der Waals surface area contributed by atoms with Gasteiger partial charge >= 0.3 is 5.97 Å². The SMILES string of the molecule is CCC(=O)CCC(C)C.CCCC(C)C.COC(=O)CCC(C)C. The van der Waals surface area contributed by atoms with Gasteiger partial charge in [-0.3, -0.25) is 9.59 Å². The smallest absolute Gasteiger partial charge is 0.305 e. The third-order valence-electron chi connectivity index (χ3n) is 3.41. The average Bonchev–Trinajstić information content (AvgIpc) is 2.51. The largest absolute Gasteiger partial charge is 0.469 e. The van der Waals surface area contributed by atoms with Gasteiger partial charge in [-0.1, -0.05) is 68.2 Å². The lowest BCUT2D eigenvalue weighted by atomic mass is 10.1. The van der Waals surface area contributed by atoms with Crippen LogP contribution in [-0.4, -0.2) is 18.9 Å². The molecule has 146 valence electrons. The molecule has 0 saturated heterocycles. The first-order valence-electron chi connectivity index (χ1n) is 9.68. The number of hydrogen-bond donors (Lipinski definition) is 0. The van der Waals surface area contributed by atoms with Crippen molar-refractivity contribution >= 4 is 11.8 Å². The number of carbonyl (C=O) groups excluding carboxylic acids is 2. The summed E-state index contributed by atoms with van der Waals surface area (Å²) < 4.78 is 4.46. The summed E-state index contributed by atoms with van der Waals surface area (Å²) in [6, 6.07) is 0. The summed E-state index contributed by atoms with van der Waals surface area (Å²) in [7, 11) is 1.42. The highest BCUT2D eigenvalue weighted by atomic mass is 16.5. The van der Waals surface area contributed by atoms with Crippen LogP contribution in [0.2, 0.25) is 0 Å². The van der Waals surface area contributed by atoms with Crippen molar-refractivity contribution in [2.45, 2.75) is 100 Å². The van der Waals surface area contributed by atoms with E-state index >= 15 is 0 Å². The summed E-state index contributed by atoms with van der Waals surface area (Å²) in [5.41, 5.74) is 0. The lowest BCUT2D eigenvalue weighted by Gasteiger charge is -2.00. The van der Waals surface area contributed by atoms with Crippen molar-refractivity contribution in [3.63, 3.8) is 0 Å². The second kappa shape index (κ2) is 20.2. The highest BCUT2D eigenvalue weighted by Crippen LogP contribution is 2.04. The van der Waals surface area contributed by atoms with E-state index in [0.717, 1.165) is 25.2 Å². The molecular weight excluding hydrogens is 300 g/mol. The van der Waals surface area contributed by atoms with Crippen molar-refractivity contribution in [2.75, 3.05) is 7.11 Å². The topological polar surface area (TPSA) is 43.4 Å². The van der Waals surface area contributed by atoms with Gasteiger partial charge < -0.3 is 4.74 Å². The molecule has 0 unspecified atom stereocenters. The Bertz CT molecular complexity index is 257. The van der Waals surface area contributed by atoms with Gasteiger partial charge in [-0.25, -0.2) is 0 Å². The minimum Gasteiger partial charge on any atom is -0.469 e. The Morgan fingerprint density at radius 1 is 0.750 bits per heavy atom. The van der Waals surface area contributed by atoms with Gasteiger partial charge in [0.05, 0.1) is 7.11 Å². The number of Topliss-reactive ketones (excluding diaryl/α,β-unsaturated/α-hetero) is 1. The summed E-state index contributed by atoms with van der Waals surface area (Å²) in [5.74, 6) is 2.44. The normalized spacial score (nSPS) is 10.0. The Balaban J connectivity index is -0.000000282. The van der Waals surface area contributed by atoms with Crippen molar-refractivity contribution in [1.82, 2.24) is 0 Å². The summed E-state index contributed by atoms with van der Waals surface area (Å²) in [6.07, 6.45) is 6.70. The van der Waals surface area contributed by atoms with E-state index in [2.05, 4.69) is 53.2 Å². The first-order chi connectivity index (χ1) is 11.1. The van der Waals surface area contributed by atoms with E-state index in [4.69, 9.17) is 0 Å². The predicted octanol–water partition coefficient (Wildman–Crippen LogP) is 6.44. The third kappa shape index (κ3) is 32.9. The molecule has 0 saturated carbocycles. The van der Waals surface area contributed by atoms with E-state index in [9.17, 15) is 9.59 Å². The van der Waals surface area contributed by atoms with Crippen molar-refractivity contribution < 1.29 is 14.3 Å². The van der Waals surface area contributed by atoms with Crippen LogP contribution in [0.5, 0.6) is 0 Å². The van der Waals surface area contributed by atoms with Crippen LogP contribution in [0.15, 0.2) is 0 Å². The zero-order valence-corrected chi connectivity index (χ0v) is 17.9. The summed E-state index contributed by atoms with van der Waals surface area (Å²) in [6.45, 7) is 17.1. The molecule has 0 aromatic heterocycles. The highest BCUT2D eigenvalue weighted by molar-refractivity contribution is 5.77. The van der Waals surface area contributed by atoms with Crippen LogP contribution in [0.25, 0.3) is 0 Å². The second-order valence-corrected chi connectivity index (χ2v) is 7.52. The predicted molar refractivity (Wildman–Crippen MR) is 105 cm³/mol. The van der Waals surface area contributed by atoms with Gasteiger partial charge in [-0.05, 0) is 30.6 Å². The quantitative estimate of drug-likeness (QED) is 0.452. The number of ketones is 1. The molecule has 0 bridgehead atoms. The molecule has 3 heteroatoms. The van der Waals surface area contributed by atoms with E-state index in [1.807, 2.05) is 6.92 Å². The van der Waals surface area contributed by atoms with Crippen molar-refractivity contribution in [3.05, 3.63) is 0 Å². The molecule has 0 atom stereocenters. The fraction of sp³-hybridized carbons (Fsp3) is 0.905. The number of esters is 1. The highest BCUT2D eigenvalue weighted by Gasteiger charge is 2.01. The van der Waals surface area contributed by atoms with E-state index in [1.54, 1.807) is 0 Å². The van der Waals surface area contributed by atoms with Gasteiger partial charge in [0.1, 0.15) is 5.78 Å². The second-order valence-electron chi connectivity index (χ2n) is 7.52. The van der Waals surface area contributed by atoms with Crippen LogP contribution in [0.1, 0.15) is 100 Å². The average molecular weight is 345 g/mol. The molecule has 0 aliphatic carbocycles. The minimum absolute atomic E-state index is 0.108. The Morgan fingerprint density at radius 3 is 1.42 bits per heavy atom. The first kappa shape index (κ1) is 28.0. The number of rotatable bonds is 9. The van der Waals surface area contributed by atoms with Crippen LogP contribution >= 0.6 is 0 Å². The molecule has 0 N–H and O–H groups in total. The summed E-state index contributed by atoms with van der Waals surface area (Å²) >= 11 is 0. The molecule has 0 fully saturated rings. The number of ether oxygens (including phenoxy) is 1. The van der Waals surface area contributed by atoms with Crippen molar-refractivity contribution in [2.24, 2.45) is 17.8 Å². The zero-order valence-electron chi connectivity index (χ0n) is 17.9. The zero-order chi connectivity index (χ0) is 19.5. The molecule has 3 nitrogen and oxygen atoms in total. The maximum atomic E-state index is 10.7. The Morgan fingerprint density at radius 2 is 1.17 bits per heavy atom. The van der Waals surface area contributed by atoms with Gasteiger partial charge in [0.25, 0.3) is 0 Å². The van der Waals surface area contributed by atoms with Crippen molar-refractivity contribution in [1.29, 1.82) is 0 Å². The van der Waals surface area contributed by atoms with Gasteiger partial charge in [0.2, 0.25) is 0 Å². The van der Waals surface area contributed by atoms with Crippen molar-refractivity contribution in [3.8, 4) is 0 Å². The van der Waals surface area contributed by atoms with Gasteiger partial charge in [0.15, 0.2) is 0 Å². The minimum atomic E-state index is -0.108. The summed E-state index contributed by atoms with van der Waals surface area (Å²) in [4.78, 5) is 21.2. The van der Waals surface area contributed by atoms with Gasteiger partial charge in [0, 0.05) is 19.3 Å². The maximum Gasteiger partial charge on any atom is 0.305 e. The molecule has 24 heavy (non-hydrogen) atoms. The molecule has 0 aromatic rings. The van der Waals surface area contributed by atoms with Crippen LogP contribution in [0, 0.1) is 17.8 Å². The Hall–Kier alpha value is -0.860. The molecule has 0 amide bonds.